The van der Waals surface area contributed by atoms with Crippen LogP contribution in [0.3, 0.4) is 0 Å². The Balaban J connectivity index is 1.58. The van der Waals surface area contributed by atoms with Crippen LogP contribution in [0.5, 0.6) is 5.75 Å². The first kappa shape index (κ1) is 17.1. The lowest BCUT2D eigenvalue weighted by Gasteiger charge is -2.30. The Morgan fingerprint density at radius 2 is 2.08 bits per heavy atom. The average Bonchev–Trinajstić information content (AvgIpc) is 3.02. The van der Waals surface area contributed by atoms with E-state index in [1.807, 2.05) is 43.3 Å². The molecule has 24 heavy (non-hydrogen) atoms. The third kappa shape index (κ3) is 4.40. The molecule has 2 heterocycles. The van der Waals surface area contributed by atoms with Crippen molar-refractivity contribution in [1.82, 2.24) is 4.90 Å². The molecule has 1 aliphatic rings. The van der Waals surface area contributed by atoms with Crippen molar-refractivity contribution in [3.63, 3.8) is 0 Å². The summed E-state index contributed by atoms with van der Waals surface area (Å²) < 4.78 is 11.4. The Bertz CT molecular complexity index is 611. The van der Waals surface area contributed by atoms with E-state index in [0.29, 0.717) is 13.2 Å². The Hall–Kier alpha value is -1.78. The number of β-amino-alcohol motifs (C(OH)–C–C–N with tert-alkyl or cyclic N) is 1. The van der Waals surface area contributed by atoms with E-state index in [1.165, 1.54) is 19.3 Å². The average molecular weight is 329 g/mol. The van der Waals surface area contributed by atoms with Crippen LogP contribution in [0.4, 0.5) is 0 Å². The summed E-state index contributed by atoms with van der Waals surface area (Å²) in [7, 11) is 0. The van der Waals surface area contributed by atoms with Gasteiger partial charge in [-0.15, -0.1) is 0 Å². The minimum Gasteiger partial charge on any atom is -0.491 e. The van der Waals surface area contributed by atoms with E-state index in [-0.39, 0.29) is 6.04 Å². The maximum Gasteiger partial charge on any atom is 0.122 e. The van der Waals surface area contributed by atoms with Gasteiger partial charge in [-0.1, -0.05) is 31.0 Å². The van der Waals surface area contributed by atoms with Gasteiger partial charge in [0.2, 0.25) is 0 Å². The smallest absolute Gasteiger partial charge is 0.122 e. The van der Waals surface area contributed by atoms with Crippen LogP contribution in [0.2, 0.25) is 0 Å². The highest BCUT2D eigenvalue weighted by Gasteiger charge is 2.26. The number of benzene rings is 1. The summed E-state index contributed by atoms with van der Waals surface area (Å²) in [4.78, 5) is 2.34. The number of rotatable bonds is 6. The van der Waals surface area contributed by atoms with Gasteiger partial charge in [0.05, 0.1) is 12.3 Å². The Kier molecular flexibility index (Phi) is 5.94. The summed E-state index contributed by atoms with van der Waals surface area (Å²) in [5.41, 5.74) is 1.09. The van der Waals surface area contributed by atoms with Gasteiger partial charge >= 0.3 is 0 Å². The van der Waals surface area contributed by atoms with E-state index in [2.05, 4.69) is 4.90 Å². The van der Waals surface area contributed by atoms with Crippen LogP contribution in [0.25, 0.3) is 0 Å². The zero-order valence-corrected chi connectivity index (χ0v) is 14.4. The van der Waals surface area contributed by atoms with Crippen LogP contribution < -0.4 is 4.74 Å². The molecule has 1 aliphatic heterocycles. The summed E-state index contributed by atoms with van der Waals surface area (Å²) in [5, 5.41) is 10.5. The number of nitrogens with zero attached hydrogens (tertiary/aromatic N) is 1. The molecule has 0 radical (unpaired) electrons. The summed E-state index contributed by atoms with van der Waals surface area (Å²) >= 11 is 0. The highest BCUT2D eigenvalue weighted by Crippen LogP contribution is 2.30. The molecule has 2 aromatic rings. The van der Waals surface area contributed by atoms with E-state index in [0.717, 1.165) is 30.0 Å². The number of aryl methyl sites for hydroxylation is 1. The predicted octanol–water partition coefficient (Wildman–Crippen LogP) is 3.95. The van der Waals surface area contributed by atoms with Crippen LogP contribution in [0, 0.1) is 6.92 Å². The first-order chi connectivity index (χ1) is 11.7. The molecule has 0 aliphatic carbocycles. The van der Waals surface area contributed by atoms with Gasteiger partial charge in [0.1, 0.15) is 24.2 Å². The van der Waals surface area contributed by atoms with Crippen LogP contribution in [-0.2, 0) is 0 Å². The van der Waals surface area contributed by atoms with E-state index < -0.39 is 6.10 Å². The number of likely N-dealkylation sites (tertiary alicyclic amines) is 1. The van der Waals surface area contributed by atoms with E-state index in [1.54, 1.807) is 6.26 Å². The van der Waals surface area contributed by atoms with E-state index in [9.17, 15) is 5.11 Å². The lowest BCUT2D eigenvalue weighted by atomic mass is 10.1. The molecule has 1 aromatic heterocycles. The summed E-state index contributed by atoms with van der Waals surface area (Å²) in [6, 6.07) is 12.1. The Labute approximate surface area is 144 Å². The molecule has 0 saturated carbocycles. The van der Waals surface area contributed by atoms with Gasteiger partial charge in [0, 0.05) is 6.54 Å². The number of aliphatic hydroxyl groups is 1. The van der Waals surface area contributed by atoms with Gasteiger partial charge < -0.3 is 14.3 Å². The fraction of sp³-hybridized carbons (Fsp3) is 0.500. The fourth-order valence-electron chi connectivity index (χ4n) is 3.42. The largest absolute Gasteiger partial charge is 0.491 e. The molecule has 2 atom stereocenters. The number of para-hydroxylation sites is 1. The molecule has 1 N–H and O–H groups in total. The molecule has 0 bridgehead atoms. The van der Waals surface area contributed by atoms with Crippen molar-refractivity contribution < 1.29 is 14.3 Å². The standard InChI is InChI=1S/C20H27NO3/c1-16-8-4-5-10-19(16)24-15-17(22)14-21-12-6-2-3-9-18(21)20-11-7-13-23-20/h4-5,7-8,10-11,13,17-18,22H,2-3,6,9,12,14-15H2,1H3. The predicted molar refractivity (Wildman–Crippen MR) is 94.2 cm³/mol. The minimum atomic E-state index is -0.514. The monoisotopic (exact) mass is 329 g/mol. The minimum absolute atomic E-state index is 0.260. The molecule has 1 fully saturated rings. The molecule has 2 unspecified atom stereocenters. The van der Waals surface area contributed by atoms with Crippen molar-refractivity contribution in [2.45, 2.75) is 44.8 Å². The highest BCUT2D eigenvalue weighted by atomic mass is 16.5. The number of ether oxygens (including phenoxy) is 1. The van der Waals surface area contributed by atoms with Crippen molar-refractivity contribution in [2.75, 3.05) is 19.7 Å². The highest BCUT2D eigenvalue weighted by molar-refractivity contribution is 5.31. The van der Waals surface area contributed by atoms with Crippen molar-refractivity contribution in [3.8, 4) is 5.75 Å². The second kappa shape index (κ2) is 8.36. The molecular weight excluding hydrogens is 302 g/mol. The lowest BCUT2D eigenvalue weighted by Crippen LogP contribution is -2.38. The number of hydrogen-bond donors (Lipinski definition) is 1. The molecule has 130 valence electrons. The van der Waals surface area contributed by atoms with Gasteiger partial charge in [0.25, 0.3) is 0 Å². The molecule has 4 nitrogen and oxygen atoms in total. The Morgan fingerprint density at radius 1 is 1.21 bits per heavy atom. The van der Waals surface area contributed by atoms with E-state index in [4.69, 9.17) is 9.15 Å². The first-order valence-corrected chi connectivity index (χ1v) is 8.88. The zero-order chi connectivity index (χ0) is 16.8. The molecule has 0 spiro atoms. The summed E-state index contributed by atoms with van der Waals surface area (Å²) in [5.74, 6) is 1.85. The van der Waals surface area contributed by atoms with Crippen LogP contribution >= 0.6 is 0 Å². The van der Waals surface area contributed by atoms with Gasteiger partial charge in [-0.05, 0) is 50.1 Å². The second-order valence-corrected chi connectivity index (χ2v) is 6.61. The quantitative estimate of drug-likeness (QED) is 0.872. The molecule has 1 aromatic carbocycles. The third-order valence-electron chi connectivity index (χ3n) is 4.71. The van der Waals surface area contributed by atoms with E-state index >= 15 is 0 Å². The maximum absolute atomic E-state index is 10.5. The normalized spacial score (nSPS) is 20.5. The molecule has 4 heteroatoms. The number of hydrogen-bond acceptors (Lipinski definition) is 4. The van der Waals surface area contributed by atoms with Crippen LogP contribution in [0.1, 0.15) is 43.0 Å². The van der Waals surface area contributed by atoms with Crippen molar-refractivity contribution in [1.29, 1.82) is 0 Å². The van der Waals surface area contributed by atoms with Crippen LogP contribution in [-0.4, -0.2) is 35.8 Å². The number of aliphatic hydroxyl groups excluding tert-OH is 1. The van der Waals surface area contributed by atoms with Gasteiger partial charge in [0.15, 0.2) is 0 Å². The van der Waals surface area contributed by atoms with Crippen molar-refractivity contribution in [3.05, 3.63) is 54.0 Å². The maximum atomic E-state index is 10.5. The fourth-order valence-corrected chi connectivity index (χ4v) is 3.42. The van der Waals surface area contributed by atoms with Gasteiger partial charge in [-0.2, -0.15) is 0 Å². The topological polar surface area (TPSA) is 45.8 Å². The molecule has 3 rings (SSSR count). The number of furan rings is 1. The SMILES string of the molecule is Cc1ccccc1OCC(O)CN1CCCCCC1c1ccco1. The third-order valence-corrected chi connectivity index (χ3v) is 4.71. The first-order valence-electron chi connectivity index (χ1n) is 8.88. The molecular formula is C20H27NO3. The molecule has 0 amide bonds. The van der Waals surface area contributed by atoms with Crippen LogP contribution in [0.15, 0.2) is 47.1 Å². The lowest BCUT2D eigenvalue weighted by molar-refractivity contribution is 0.0482. The summed E-state index contributed by atoms with van der Waals surface area (Å²) in [6.07, 6.45) is 5.92. The second-order valence-electron chi connectivity index (χ2n) is 6.61. The summed E-state index contributed by atoms with van der Waals surface area (Å²) in [6.45, 7) is 3.93. The molecule has 1 saturated heterocycles. The van der Waals surface area contributed by atoms with Crippen molar-refractivity contribution >= 4 is 0 Å². The Morgan fingerprint density at radius 3 is 2.88 bits per heavy atom. The zero-order valence-electron chi connectivity index (χ0n) is 14.4. The van der Waals surface area contributed by atoms with Gasteiger partial charge in [-0.25, -0.2) is 0 Å². The van der Waals surface area contributed by atoms with Gasteiger partial charge in [-0.3, -0.25) is 4.90 Å². The van der Waals surface area contributed by atoms with Crippen molar-refractivity contribution in [2.24, 2.45) is 0 Å².